The number of esters is 1. The maximum absolute atomic E-state index is 12.4. The highest BCUT2D eigenvalue weighted by Gasteiger charge is 2.24. The van der Waals surface area contributed by atoms with Gasteiger partial charge in [-0.25, -0.2) is 4.79 Å². The first-order valence-electron chi connectivity index (χ1n) is 9.51. The van der Waals surface area contributed by atoms with Crippen LogP contribution in [-0.4, -0.2) is 38.7 Å². The molecule has 30 heavy (non-hydrogen) atoms. The first kappa shape index (κ1) is 21.4. The minimum atomic E-state index is -0.775. The lowest BCUT2D eigenvalue weighted by Gasteiger charge is -2.13. The highest BCUT2D eigenvalue weighted by atomic mass is 35.5. The fourth-order valence-corrected chi connectivity index (χ4v) is 2.91. The summed E-state index contributed by atoms with van der Waals surface area (Å²) in [5.41, 5.74) is 2.81. The molecule has 0 saturated heterocycles. The van der Waals surface area contributed by atoms with Gasteiger partial charge in [0.1, 0.15) is 0 Å². The van der Waals surface area contributed by atoms with Crippen molar-refractivity contribution in [3.8, 4) is 11.4 Å². The maximum atomic E-state index is 12.4. The zero-order valence-corrected chi connectivity index (χ0v) is 17.5. The summed E-state index contributed by atoms with van der Waals surface area (Å²) in [6, 6.07) is 13.9. The monoisotopic (exact) mass is 427 g/mol. The predicted molar refractivity (Wildman–Crippen MR) is 112 cm³/mol. The lowest BCUT2D eigenvalue weighted by molar-refractivity contribution is -0.152. The third-order valence-corrected chi connectivity index (χ3v) is 4.80. The van der Waals surface area contributed by atoms with Gasteiger partial charge in [-0.1, -0.05) is 42.8 Å². The molecule has 1 amide bonds. The molecule has 0 fully saturated rings. The number of benzene rings is 2. The number of rotatable bonds is 8. The molecule has 0 saturated carbocycles. The molecule has 3 rings (SSSR count). The van der Waals surface area contributed by atoms with Crippen LogP contribution in [0.2, 0.25) is 5.02 Å². The molecule has 0 aliphatic heterocycles. The van der Waals surface area contributed by atoms with Gasteiger partial charge in [-0.05, 0) is 54.0 Å². The van der Waals surface area contributed by atoms with E-state index in [1.54, 1.807) is 31.2 Å². The molecule has 3 aromatic rings. The average molecular weight is 428 g/mol. The van der Waals surface area contributed by atoms with E-state index in [0.717, 1.165) is 16.7 Å². The Balaban J connectivity index is 1.55. The van der Waals surface area contributed by atoms with Crippen LogP contribution in [0.5, 0.6) is 0 Å². The number of nitrogens with one attached hydrogen (secondary N) is 1. The topological polar surface area (TPSA) is 99.0 Å². The van der Waals surface area contributed by atoms with Gasteiger partial charge >= 0.3 is 5.97 Å². The van der Waals surface area contributed by atoms with Crippen molar-refractivity contribution < 1.29 is 14.3 Å². The third-order valence-electron chi connectivity index (χ3n) is 4.55. The highest BCUT2D eigenvalue weighted by molar-refractivity contribution is 6.30. The summed E-state index contributed by atoms with van der Waals surface area (Å²) in [4.78, 5) is 25.7. The molecule has 1 unspecified atom stereocenters. The molecule has 0 aliphatic rings. The van der Waals surface area contributed by atoms with Crippen molar-refractivity contribution in [1.29, 1.82) is 0 Å². The standard InChI is InChI=1S/C21H22ClN5O3/c1-3-18(27-25-20(24-26-27)15-8-10-17(22)11-9-15)21(29)30-13-19(28)23-12-16-7-5-4-6-14(16)2/h4-11,18H,3,12-13H2,1-2H3,(H,23,28). The van der Waals surface area contributed by atoms with Crippen LogP contribution in [-0.2, 0) is 20.9 Å². The number of carbonyl (C=O) groups excluding carboxylic acids is 2. The molecular weight excluding hydrogens is 406 g/mol. The number of halogens is 1. The molecule has 8 nitrogen and oxygen atoms in total. The minimum Gasteiger partial charge on any atom is -0.454 e. The van der Waals surface area contributed by atoms with Crippen LogP contribution in [0.1, 0.15) is 30.5 Å². The number of hydrogen-bond acceptors (Lipinski definition) is 6. The van der Waals surface area contributed by atoms with Gasteiger partial charge in [-0.15, -0.1) is 15.0 Å². The van der Waals surface area contributed by atoms with E-state index in [0.29, 0.717) is 23.8 Å². The van der Waals surface area contributed by atoms with Crippen molar-refractivity contribution in [2.24, 2.45) is 0 Å². The second-order valence-electron chi connectivity index (χ2n) is 6.68. The van der Waals surface area contributed by atoms with Crippen LogP contribution >= 0.6 is 11.6 Å². The quantitative estimate of drug-likeness (QED) is 0.554. The first-order valence-corrected chi connectivity index (χ1v) is 9.89. The number of amides is 1. The van der Waals surface area contributed by atoms with E-state index >= 15 is 0 Å². The zero-order valence-electron chi connectivity index (χ0n) is 16.7. The van der Waals surface area contributed by atoms with Crippen molar-refractivity contribution in [2.75, 3.05) is 6.61 Å². The molecule has 0 aliphatic carbocycles. The Kier molecular flexibility index (Phi) is 7.13. The van der Waals surface area contributed by atoms with Crippen molar-refractivity contribution in [2.45, 2.75) is 32.9 Å². The van der Waals surface area contributed by atoms with Gasteiger partial charge in [0.05, 0.1) is 0 Å². The van der Waals surface area contributed by atoms with Gasteiger partial charge in [-0.3, -0.25) is 4.79 Å². The molecule has 1 N–H and O–H groups in total. The van der Waals surface area contributed by atoms with Crippen LogP contribution in [0.3, 0.4) is 0 Å². The molecule has 1 heterocycles. The molecule has 2 aromatic carbocycles. The molecule has 9 heteroatoms. The van der Waals surface area contributed by atoms with Crippen LogP contribution < -0.4 is 5.32 Å². The van der Waals surface area contributed by atoms with E-state index in [9.17, 15) is 9.59 Å². The van der Waals surface area contributed by atoms with Crippen molar-refractivity contribution in [1.82, 2.24) is 25.5 Å². The summed E-state index contributed by atoms with van der Waals surface area (Å²) in [6.45, 7) is 3.77. The summed E-state index contributed by atoms with van der Waals surface area (Å²) < 4.78 is 5.16. The lowest BCUT2D eigenvalue weighted by atomic mass is 10.1. The smallest absolute Gasteiger partial charge is 0.333 e. The Morgan fingerprint density at radius 3 is 2.60 bits per heavy atom. The van der Waals surface area contributed by atoms with E-state index in [1.807, 2.05) is 31.2 Å². The van der Waals surface area contributed by atoms with Crippen LogP contribution in [0.4, 0.5) is 0 Å². The number of hydrogen-bond donors (Lipinski definition) is 1. The van der Waals surface area contributed by atoms with Gasteiger partial charge in [0.15, 0.2) is 12.6 Å². The predicted octanol–water partition coefficient (Wildman–Crippen LogP) is 3.11. The highest BCUT2D eigenvalue weighted by Crippen LogP contribution is 2.19. The van der Waals surface area contributed by atoms with Crippen LogP contribution in [0.25, 0.3) is 11.4 Å². The van der Waals surface area contributed by atoms with Gasteiger partial charge < -0.3 is 10.1 Å². The summed E-state index contributed by atoms with van der Waals surface area (Å²) in [5, 5.41) is 15.6. The van der Waals surface area contributed by atoms with Crippen molar-refractivity contribution in [3.63, 3.8) is 0 Å². The second kappa shape index (κ2) is 9.98. The second-order valence-corrected chi connectivity index (χ2v) is 7.11. The summed E-state index contributed by atoms with van der Waals surface area (Å²) in [6.07, 6.45) is 0.389. The summed E-state index contributed by atoms with van der Waals surface area (Å²) in [5.74, 6) is -0.604. The van der Waals surface area contributed by atoms with Gasteiger partial charge in [0.25, 0.3) is 5.91 Å². The number of aromatic nitrogens is 4. The molecule has 156 valence electrons. The number of carbonyl (C=O) groups is 2. The van der Waals surface area contributed by atoms with E-state index in [2.05, 4.69) is 20.7 Å². The summed E-state index contributed by atoms with van der Waals surface area (Å²) >= 11 is 5.89. The van der Waals surface area contributed by atoms with Gasteiger partial charge in [0.2, 0.25) is 5.82 Å². The number of ether oxygens (including phenoxy) is 1. The number of tetrazole rings is 1. The molecule has 1 atom stereocenters. The van der Waals surface area contributed by atoms with Crippen molar-refractivity contribution in [3.05, 3.63) is 64.7 Å². The molecule has 0 spiro atoms. The minimum absolute atomic E-state index is 0.369. The van der Waals surface area contributed by atoms with E-state index in [4.69, 9.17) is 16.3 Å². The Labute approximate surface area is 179 Å². The molecule has 0 radical (unpaired) electrons. The van der Waals surface area contributed by atoms with Crippen LogP contribution in [0.15, 0.2) is 48.5 Å². The SMILES string of the molecule is CCC(C(=O)OCC(=O)NCc1ccccc1C)n1nnc(-c2ccc(Cl)cc2)n1. The summed E-state index contributed by atoms with van der Waals surface area (Å²) in [7, 11) is 0. The van der Waals surface area contributed by atoms with Gasteiger partial charge in [0, 0.05) is 17.1 Å². The largest absolute Gasteiger partial charge is 0.454 e. The Hall–Kier alpha value is -3.26. The Morgan fingerprint density at radius 2 is 1.90 bits per heavy atom. The maximum Gasteiger partial charge on any atom is 0.333 e. The van der Waals surface area contributed by atoms with E-state index in [-0.39, 0.29) is 12.5 Å². The third kappa shape index (κ3) is 5.42. The molecular formula is C21H22ClN5O3. The lowest BCUT2D eigenvalue weighted by Crippen LogP contribution is -2.31. The fourth-order valence-electron chi connectivity index (χ4n) is 2.78. The Morgan fingerprint density at radius 1 is 1.17 bits per heavy atom. The average Bonchev–Trinajstić information content (AvgIpc) is 3.22. The van der Waals surface area contributed by atoms with E-state index in [1.165, 1.54) is 4.80 Å². The zero-order chi connectivity index (χ0) is 21.5. The van der Waals surface area contributed by atoms with E-state index < -0.39 is 12.0 Å². The normalized spacial score (nSPS) is 11.7. The van der Waals surface area contributed by atoms with Gasteiger partial charge in [-0.2, -0.15) is 0 Å². The fraction of sp³-hybridized carbons (Fsp3) is 0.286. The van der Waals surface area contributed by atoms with Crippen LogP contribution in [0, 0.1) is 6.92 Å². The van der Waals surface area contributed by atoms with Crippen molar-refractivity contribution >= 4 is 23.5 Å². The number of aryl methyl sites for hydroxylation is 1. The Bertz CT molecular complexity index is 1020. The number of nitrogens with zero attached hydrogens (tertiary/aromatic N) is 4. The molecule has 0 bridgehead atoms. The first-order chi connectivity index (χ1) is 14.5. The molecule has 1 aromatic heterocycles.